The number of rotatable bonds is 6. The molecule has 0 spiro atoms. The summed E-state index contributed by atoms with van der Waals surface area (Å²) in [6.45, 7) is 6.17. The number of benzene rings is 4. The van der Waals surface area contributed by atoms with Gasteiger partial charge >= 0.3 is 0 Å². The zero-order chi connectivity index (χ0) is 22.1. The Hall–Kier alpha value is -3.07. The minimum absolute atomic E-state index is 0.254. The van der Waals surface area contributed by atoms with Crippen molar-refractivity contribution in [1.29, 1.82) is 0 Å². The molecule has 0 amide bonds. The van der Waals surface area contributed by atoms with Crippen molar-refractivity contribution in [1.82, 2.24) is 9.88 Å². The molecule has 0 aliphatic heterocycles. The number of nitrogens with one attached hydrogen (secondary N) is 1. The first kappa shape index (κ1) is 20.8. The van der Waals surface area contributed by atoms with Gasteiger partial charge in [0.1, 0.15) is 0 Å². The first-order valence-electron chi connectivity index (χ1n) is 11.2. The van der Waals surface area contributed by atoms with Crippen LogP contribution in [0.15, 0.2) is 91.1 Å². The number of halogens is 1. The molecule has 0 fully saturated rings. The number of hydrogen-bond donors (Lipinski definition) is 1. The second kappa shape index (κ2) is 8.82. The van der Waals surface area contributed by atoms with Crippen molar-refractivity contribution in [3.63, 3.8) is 0 Å². The second-order valence-corrected chi connectivity index (χ2v) is 8.80. The van der Waals surface area contributed by atoms with Gasteiger partial charge in [-0.25, -0.2) is 0 Å². The maximum atomic E-state index is 6.29. The minimum Gasteiger partial charge on any atom is -0.347 e. The standard InChI is InChI=1S/C29H27ClN2/c1-3-32-19-28(23-10-6-11-24(30)17-23)27-16-21(14-15-29(27)32)18-31-20(2)25-13-7-9-22-8-4-5-12-26(22)25/h4-17,19-20,31H,3,18H2,1-2H3/t20-/m1/s1. The van der Waals surface area contributed by atoms with Crippen LogP contribution in [0.3, 0.4) is 0 Å². The molecule has 5 aromatic rings. The van der Waals surface area contributed by atoms with E-state index in [0.29, 0.717) is 0 Å². The molecule has 0 aliphatic rings. The third-order valence-corrected chi connectivity index (χ3v) is 6.56. The van der Waals surface area contributed by atoms with Crippen LogP contribution in [0.2, 0.25) is 5.02 Å². The summed E-state index contributed by atoms with van der Waals surface area (Å²) in [5.41, 5.74) is 6.26. The van der Waals surface area contributed by atoms with Gasteiger partial charge in [-0.1, -0.05) is 72.3 Å². The predicted molar refractivity (Wildman–Crippen MR) is 137 cm³/mol. The fraction of sp³-hybridized carbons (Fsp3) is 0.172. The Kier molecular flexibility index (Phi) is 5.73. The van der Waals surface area contributed by atoms with E-state index in [1.165, 1.54) is 38.4 Å². The molecule has 0 saturated heterocycles. The highest BCUT2D eigenvalue weighted by Gasteiger charge is 2.13. The first-order chi connectivity index (χ1) is 15.6. The van der Waals surface area contributed by atoms with Crippen molar-refractivity contribution >= 4 is 33.3 Å². The molecule has 1 N–H and O–H groups in total. The highest BCUT2D eigenvalue weighted by molar-refractivity contribution is 6.30. The third kappa shape index (κ3) is 3.92. The SMILES string of the molecule is CCn1cc(-c2cccc(Cl)c2)c2cc(CN[C@H](C)c3cccc4ccccc34)ccc21. The molecule has 0 saturated carbocycles. The number of hydrogen-bond acceptors (Lipinski definition) is 1. The summed E-state index contributed by atoms with van der Waals surface area (Å²) >= 11 is 6.29. The lowest BCUT2D eigenvalue weighted by Gasteiger charge is -2.17. The normalized spacial score (nSPS) is 12.5. The van der Waals surface area contributed by atoms with E-state index in [4.69, 9.17) is 11.6 Å². The van der Waals surface area contributed by atoms with Gasteiger partial charge in [0.25, 0.3) is 0 Å². The van der Waals surface area contributed by atoms with Gasteiger partial charge in [-0.15, -0.1) is 0 Å². The van der Waals surface area contributed by atoms with Gasteiger partial charge < -0.3 is 9.88 Å². The topological polar surface area (TPSA) is 17.0 Å². The summed E-state index contributed by atoms with van der Waals surface area (Å²) in [7, 11) is 0. The maximum Gasteiger partial charge on any atom is 0.0486 e. The van der Waals surface area contributed by atoms with Gasteiger partial charge in [-0.3, -0.25) is 0 Å². The molecular formula is C29H27ClN2. The smallest absolute Gasteiger partial charge is 0.0486 e. The first-order valence-corrected chi connectivity index (χ1v) is 11.6. The molecule has 1 heterocycles. The van der Waals surface area contributed by atoms with Crippen LogP contribution >= 0.6 is 11.6 Å². The molecule has 1 aromatic heterocycles. The fourth-order valence-electron chi connectivity index (χ4n) is 4.61. The zero-order valence-electron chi connectivity index (χ0n) is 18.5. The van der Waals surface area contributed by atoms with Crippen molar-refractivity contribution < 1.29 is 0 Å². The molecule has 0 unspecified atom stereocenters. The summed E-state index contributed by atoms with van der Waals surface area (Å²) in [5, 5.41) is 8.37. The van der Waals surface area contributed by atoms with E-state index in [1.54, 1.807) is 0 Å². The average Bonchev–Trinajstić information content (AvgIpc) is 3.20. The Bertz CT molecular complexity index is 1390. The molecule has 3 heteroatoms. The van der Waals surface area contributed by atoms with Gasteiger partial charge in [0.05, 0.1) is 0 Å². The molecule has 5 rings (SSSR count). The molecular weight excluding hydrogens is 412 g/mol. The monoisotopic (exact) mass is 438 g/mol. The van der Waals surface area contributed by atoms with Crippen molar-refractivity contribution in [2.24, 2.45) is 0 Å². The molecule has 32 heavy (non-hydrogen) atoms. The van der Waals surface area contributed by atoms with Gasteiger partial charge in [-0.05, 0) is 65.6 Å². The Morgan fingerprint density at radius 1 is 0.875 bits per heavy atom. The lowest BCUT2D eigenvalue weighted by atomic mass is 9.99. The van der Waals surface area contributed by atoms with Gasteiger partial charge in [0, 0.05) is 46.8 Å². The van der Waals surface area contributed by atoms with Crippen LogP contribution in [0.5, 0.6) is 0 Å². The summed E-state index contributed by atoms with van der Waals surface area (Å²) < 4.78 is 2.31. The molecule has 0 aliphatic carbocycles. The van der Waals surface area contributed by atoms with Crippen molar-refractivity contribution in [2.75, 3.05) is 0 Å². The van der Waals surface area contributed by atoms with E-state index in [-0.39, 0.29) is 6.04 Å². The minimum atomic E-state index is 0.254. The van der Waals surface area contributed by atoms with Crippen LogP contribution in [0.1, 0.15) is 31.0 Å². The van der Waals surface area contributed by atoms with Crippen LogP contribution in [0, 0.1) is 0 Å². The molecule has 160 valence electrons. The van der Waals surface area contributed by atoms with E-state index in [2.05, 4.69) is 96.7 Å². The van der Waals surface area contributed by atoms with Crippen LogP contribution < -0.4 is 5.32 Å². The molecule has 4 aromatic carbocycles. The molecule has 1 atom stereocenters. The van der Waals surface area contributed by atoms with E-state index < -0.39 is 0 Å². The van der Waals surface area contributed by atoms with E-state index in [9.17, 15) is 0 Å². The van der Waals surface area contributed by atoms with Gasteiger partial charge in [0.15, 0.2) is 0 Å². The van der Waals surface area contributed by atoms with Crippen LogP contribution in [0.25, 0.3) is 32.8 Å². The lowest BCUT2D eigenvalue weighted by Crippen LogP contribution is -2.18. The van der Waals surface area contributed by atoms with Crippen molar-refractivity contribution in [3.8, 4) is 11.1 Å². The van der Waals surface area contributed by atoms with Crippen LogP contribution in [0.4, 0.5) is 0 Å². The van der Waals surface area contributed by atoms with Crippen molar-refractivity contribution in [2.45, 2.75) is 33.0 Å². The predicted octanol–water partition coefficient (Wildman–Crippen LogP) is 7.99. The Morgan fingerprint density at radius 2 is 1.69 bits per heavy atom. The van der Waals surface area contributed by atoms with E-state index >= 15 is 0 Å². The number of nitrogens with zero attached hydrogens (tertiary/aromatic N) is 1. The molecule has 0 radical (unpaired) electrons. The molecule has 2 nitrogen and oxygen atoms in total. The van der Waals surface area contributed by atoms with Gasteiger partial charge in [-0.2, -0.15) is 0 Å². The zero-order valence-corrected chi connectivity index (χ0v) is 19.2. The quantitative estimate of drug-likeness (QED) is 0.284. The lowest BCUT2D eigenvalue weighted by molar-refractivity contribution is 0.578. The summed E-state index contributed by atoms with van der Waals surface area (Å²) in [6, 6.07) is 30.3. The van der Waals surface area contributed by atoms with E-state index in [1.807, 2.05) is 18.2 Å². The fourth-order valence-corrected chi connectivity index (χ4v) is 4.80. The van der Waals surface area contributed by atoms with E-state index in [0.717, 1.165) is 23.7 Å². The maximum absolute atomic E-state index is 6.29. The highest BCUT2D eigenvalue weighted by atomic mass is 35.5. The Morgan fingerprint density at radius 3 is 2.53 bits per heavy atom. The molecule has 0 bridgehead atoms. The van der Waals surface area contributed by atoms with Gasteiger partial charge in [0.2, 0.25) is 0 Å². The second-order valence-electron chi connectivity index (χ2n) is 8.36. The summed E-state index contributed by atoms with van der Waals surface area (Å²) in [4.78, 5) is 0. The Labute approximate surface area is 194 Å². The number of aryl methyl sites for hydroxylation is 1. The largest absolute Gasteiger partial charge is 0.347 e. The van der Waals surface area contributed by atoms with Crippen molar-refractivity contribution in [3.05, 3.63) is 107 Å². The third-order valence-electron chi connectivity index (χ3n) is 6.32. The average molecular weight is 439 g/mol. The Balaban J connectivity index is 1.45. The van der Waals surface area contributed by atoms with Crippen LogP contribution in [-0.2, 0) is 13.1 Å². The number of fused-ring (bicyclic) bond motifs is 2. The highest BCUT2D eigenvalue weighted by Crippen LogP contribution is 2.33. The number of aromatic nitrogens is 1. The van der Waals surface area contributed by atoms with Crippen LogP contribution in [-0.4, -0.2) is 4.57 Å². The summed E-state index contributed by atoms with van der Waals surface area (Å²) in [6.07, 6.45) is 2.24. The summed E-state index contributed by atoms with van der Waals surface area (Å²) in [5.74, 6) is 0.